The van der Waals surface area contributed by atoms with Gasteiger partial charge in [0.05, 0.1) is 12.2 Å². The van der Waals surface area contributed by atoms with Crippen LogP contribution in [0.25, 0.3) is 10.8 Å². The van der Waals surface area contributed by atoms with E-state index in [-0.39, 0.29) is 19.1 Å². The Labute approximate surface area is 152 Å². The minimum atomic E-state index is -0.775. The van der Waals surface area contributed by atoms with Crippen molar-refractivity contribution in [2.75, 3.05) is 18.1 Å². The number of ether oxygens (including phenoxy) is 1. The summed E-state index contributed by atoms with van der Waals surface area (Å²) in [5, 5.41) is 12.5. The predicted molar refractivity (Wildman–Crippen MR) is 103 cm³/mol. The fourth-order valence-electron chi connectivity index (χ4n) is 3.47. The molecule has 0 aliphatic carbocycles. The van der Waals surface area contributed by atoms with Gasteiger partial charge in [-0.05, 0) is 48.6 Å². The number of rotatable bonds is 5. The number of β-amino-alcohol motifs (C(OH)–C–C–N with tert-alkyl or cyclic N) is 1. The summed E-state index contributed by atoms with van der Waals surface area (Å²) in [6.45, 7) is 4.32. The van der Waals surface area contributed by atoms with Crippen molar-refractivity contribution in [3.8, 4) is 5.75 Å². The van der Waals surface area contributed by atoms with Crippen LogP contribution in [0, 0.1) is 13.8 Å². The number of amides is 1. The van der Waals surface area contributed by atoms with E-state index in [2.05, 4.69) is 0 Å². The summed E-state index contributed by atoms with van der Waals surface area (Å²) in [7, 11) is 0. The average molecular weight is 347 g/mol. The molecule has 132 valence electrons. The van der Waals surface area contributed by atoms with Crippen molar-refractivity contribution in [3.63, 3.8) is 0 Å². The molecule has 1 heterocycles. The van der Waals surface area contributed by atoms with E-state index in [1.54, 1.807) is 4.90 Å². The quantitative estimate of drug-likeness (QED) is 0.762. The van der Waals surface area contributed by atoms with E-state index < -0.39 is 6.10 Å². The van der Waals surface area contributed by atoms with Crippen molar-refractivity contribution < 1.29 is 14.6 Å². The molecule has 4 nitrogen and oxygen atoms in total. The third-order valence-corrected chi connectivity index (χ3v) is 4.82. The molecule has 26 heavy (non-hydrogen) atoms. The first kappa shape index (κ1) is 16.6. The van der Waals surface area contributed by atoms with Crippen molar-refractivity contribution in [1.29, 1.82) is 0 Å². The Morgan fingerprint density at radius 3 is 2.65 bits per heavy atom. The number of benzene rings is 3. The molecule has 1 aliphatic heterocycles. The Morgan fingerprint density at radius 1 is 1.08 bits per heavy atom. The standard InChI is InChI=1S/C22H21NO3/c1-14-9-10-15(2)20(11-14)26-13-17(24)12-23-19-8-4-6-16-5-3-7-18(21(16)19)22(23)25/h3-11,17,24H,12-13H2,1-2H3. The first-order chi connectivity index (χ1) is 12.5. The Hall–Kier alpha value is -2.85. The summed E-state index contributed by atoms with van der Waals surface area (Å²) in [4.78, 5) is 14.4. The maximum Gasteiger partial charge on any atom is 0.259 e. The van der Waals surface area contributed by atoms with E-state index in [4.69, 9.17) is 4.74 Å². The maximum atomic E-state index is 12.8. The number of aliphatic hydroxyl groups is 1. The third-order valence-electron chi connectivity index (χ3n) is 4.82. The molecule has 0 saturated carbocycles. The third kappa shape index (κ3) is 2.82. The molecule has 0 bridgehead atoms. The molecule has 1 atom stereocenters. The molecule has 1 N–H and O–H groups in total. The van der Waals surface area contributed by atoms with Gasteiger partial charge in [-0.15, -0.1) is 0 Å². The van der Waals surface area contributed by atoms with Crippen LogP contribution in [0.5, 0.6) is 5.75 Å². The normalized spacial score (nSPS) is 14.1. The molecule has 0 aromatic heterocycles. The van der Waals surface area contributed by atoms with Gasteiger partial charge in [-0.25, -0.2) is 0 Å². The minimum Gasteiger partial charge on any atom is -0.491 e. The highest BCUT2D eigenvalue weighted by Gasteiger charge is 2.30. The fourth-order valence-corrected chi connectivity index (χ4v) is 3.47. The van der Waals surface area contributed by atoms with Crippen LogP contribution < -0.4 is 9.64 Å². The maximum absolute atomic E-state index is 12.8. The van der Waals surface area contributed by atoms with Crippen LogP contribution in [-0.4, -0.2) is 30.3 Å². The molecule has 0 fully saturated rings. The first-order valence-electron chi connectivity index (χ1n) is 8.76. The molecule has 1 unspecified atom stereocenters. The Kier molecular flexibility index (Phi) is 4.13. The van der Waals surface area contributed by atoms with E-state index in [9.17, 15) is 9.90 Å². The number of nitrogens with zero attached hydrogens (tertiary/aromatic N) is 1. The lowest BCUT2D eigenvalue weighted by Crippen LogP contribution is -2.37. The monoisotopic (exact) mass is 347 g/mol. The number of hydrogen-bond acceptors (Lipinski definition) is 3. The van der Waals surface area contributed by atoms with Gasteiger partial charge in [-0.1, -0.05) is 36.4 Å². The van der Waals surface area contributed by atoms with Gasteiger partial charge in [-0.3, -0.25) is 4.79 Å². The second-order valence-electron chi connectivity index (χ2n) is 6.83. The molecular formula is C22H21NO3. The van der Waals surface area contributed by atoms with Crippen LogP contribution in [0.3, 0.4) is 0 Å². The van der Waals surface area contributed by atoms with Crippen LogP contribution >= 0.6 is 0 Å². The molecule has 3 aromatic rings. The molecule has 1 aliphatic rings. The molecule has 0 saturated heterocycles. The van der Waals surface area contributed by atoms with Gasteiger partial charge in [-0.2, -0.15) is 0 Å². The Balaban J connectivity index is 1.50. The summed E-state index contributed by atoms with van der Waals surface area (Å²) < 4.78 is 5.79. The summed E-state index contributed by atoms with van der Waals surface area (Å²) in [5.74, 6) is 0.699. The predicted octanol–water partition coefficient (Wildman–Crippen LogP) is 3.86. The van der Waals surface area contributed by atoms with Crippen molar-refractivity contribution in [1.82, 2.24) is 0 Å². The highest BCUT2D eigenvalue weighted by Crippen LogP contribution is 2.37. The van der Waals surface area contributed by atoms with E-state index in [0.29, 0.717) is 5.56 Å². The molecule has 0 spiro atoms. The van der Waals surface area contributed by atoms with Crippen molar-refractivity contribution >= 4 is 22.4 Å². The van der Waals surface area contributed by atoms with Gasteiger partial charge in [0, 0.05) is 10.9 Å². The van der Waals surface area contributed by atoms with Gasteiger partial charge in [0.1, 0.15) is 18.5 Å². The van der Waals surface area contributed by atoms with Crippen LogP contribution in [0.2, 0.25) is 0 Å². The van der Waals surface area contributed by atoms with Crippen molar-refractivity contribution in [2.24, 2.45) is 0 Å². The number of aryl methyl sites for hydroxylation is 2. The van der Waals surface area contributed by atoms with Crippen molar-refractivity contribution in [3.05, 3.63) is 71.3 Å². The SMILES string of the molecule is Cc1ccc(C)c(OCC(O)CN2C(=O)c3cccc4cccc2c34)c1. The lowest BCUT2D eigenvalue weighted by molar-refractivity contribution is 0.0912. The number of anilines is 1. The van der Waals surface area contributed by atoms with E-state index >= 15 is 0 Å². The smallest absolute Gasteiger partial charge is 0.259 e. The topological polar surface area (TPSA) is 49.8 Å². The van der Waals surface area contributed by atoms with Gasteiger partial charge in [0.25, 0.3) is 5.91 Å². The number of hydrogen-bond donors (Lipinski definition) is 1. The zero-order chi connectivity index (χ0) is 18.3. The molecule has 3 aromatic carbocycles. The van der Waals surface area contributed by atoms with Gasteiger partial charge < -0.3 is 14.7 Å². The zero-order valence-corrected chi connectivity index (χ0v) is 14.9. The van der Waals surface area contributed by atoms with Crippen LogP contribution in [0.4, 0.5) is 5.69 Å². The molecular weight excluding hydrogens is 326 g/mol. The summed E-state index contributed by atoms with van der Waals surface area (Å²) in [6, 6.07) is 17.6. The van der Waals surface area contributed by atoms with Crippen LogP contribution in [0.1, 0.15) is 21.5 Å². The number of carbonyl (C=O) groups excluding carboxylic acids is 1. The molecule has 0 radical (unpaired) electrons. The lowest BCUT2D eigenvalue weighted by atomic mass is 10.1. The molecule has 4 rings (SSSR count). The van der Waals surface area contributed by atoms with E-state index in [1.807, 2.05) is 68.4 Å². The Bertz CT molecular complexity index is 991. The van der Waals surface area contributed by atoms with E-state index in [1.165, 1.54) is 0 Å². The summed E-state index contributed by atoms with van der Waals surface area (Å²) >= 11 is 0. The largest absolute Gasteiger partial charge is 0.491 e. The van der Waals surface area contributed by atoms with Crippen LogP contribution in [-0.2, 0) is 0 Å². The second-order valence-corrected chi connectivity index (χ2v) is 6.83. The Morgan fingerprint density at radius 2 is 1.85 bits per heavy atom. The van der Waals surface area contributed by atoms with Crippen LogP contribution in [0.15, 0.2) is 54.6 Å². The fraction of sp³-hybridized carbons (Fsp3) is 0.227. The number of carbonyl (C=O) groups is 1. The second kappa shape index (κ2) is 6.46. The highest BCUT2D eigenvalue weighted by molar-refractivity contribution is 6.25. The lowest BCUT2D eigenvalue weighted by Gasteiger charge is -2.22. The summed E-state index contributed by atoms with van der Waals surface area (Å²) in [6.07, 6.45) is -0.775. The van der Waals surface area contributed by atoms with Crippen molar-refractivity contribution in [2.45, 2.75) is 20.0 Å². The average Bonchev–Trinajstić information content (AvgIpc) is 2.91. The first-order valence-corrected chi connectivity index (χ1v) is 8.76. The zero-order valence-electron chi connectivity index (χ0n) is 14.9. The highest BCUT2D eigenvalue weighted by atomic mass is 16.5. The van der Waals surface area contributed by atoms with Gasteiger partial charge in [0.15, 0.2) is 0 Å². The summed E-state index contributed by atoms with van der Waals surface area (Å²) in [5.41, 5.74) is 3.68. The minimum absolute atomic E-state index is 0.0670. The molecule has 4 heteroatoms. The van der Waals surface area contributed by atoms with Gasteiger partial charge in [0.2, 0.25) is 0 Å². The van der Waals surface area contributed by atoms with E-state index in [0.717, 1.165) is 33.3 Å². The number of aliphatic hydroxyl groups excluding tert-OH is 1. The van der Waals surface area contributed by atoms with Gasteiger partial charge >= 0.3 is 0 Å². The molecule has 1 amide bonds.